The number of hydrogen-bond donors (Lipinski definition) is 2. The van der Waals surface area contributed by atoms with Gasteiger partial charge in [-0.15, -0.1) is 0 Å². The van der Waals surface area contributed by atoms with Crippen LogP contribution in [0.5, 0.6) is 0 Å². The summed E-state index contributed by atoms with van der Waals surface area (Å²) in [4.78, 5) is 18.5. The quantitative estimate of drug-likeness (QED) is 0.855. The zero-order valence-corrected chi connectivity index (χ0v) is 14.5. The van der Waals surface area contributed by atoms with Gasteiger partial charge in [-0.3, -0.25) is 0 Å². The lowest BCUT2D eigenvalue weighted by molar-refractivity contribution is 0.119. The fourth-order valence-electron chi connectivity index (χ4n) is 2.17. The number of benzene rings is 1. The van der Waals surface area contributed by atoms with E-state index in [1.54, 1.807) is 7.11 Å². The Hall–Kier alpha value is -2.60. The van der Waals surface area contributed by atoms with E-state index in [0.29, 0.717) is 6.54 Å². The first-order valence-corrected chi connectivity index (χ1v) is 7.80. The van der Waals surface area contributed by atoms with Crippen LogP contribution < -0.4 is 15.5 Å². The fourth-order valence-corrected chi connectivity index (χ4v) is 2.17. The third kappa shape index (κ3) is 4.96. The molecule has 0 spiro atoms. The average Bonchev–Trinajstić information content (AvgIpc) is 2.59. The molecule has 1 aromatic carbocycles. The maximum absolute atomic E-state index is 12.1. The predicted octanol–water partition coefficient (Wildman–Crippen LogP) is 3.18. The molecule has 0 bridgehead atoms. The minimum atomic E-state index is -0.269. The summed E-state index contributed by atoms with van der Waals surface area (Å²) in [6.07, 6.45) is -0.0206. The molecule has 0 aliphatic rings. The second-order valence-corrected chi connectivity index (χ2v) is 5.69. The first-order valence-electron chi connectivity index (χ1n) is 7.80. The number of nitrogens with zero attached hydrogens (tertiary/aromatic N) is 2. The molecule has 2 N–H and O–H groups in total. The van der Waals surface area contributed by atoms with Crippen LogP contribution in [0.25, 0.3) is 0 Å². The minimum Gasteiger partial charge on any atom is -0.377 e. The average molecular weight is 328 g/mol. The van der Waals surface area contributed by atoms with Gasteiger partial charge in [-0.1, -0.05) is 18.2 Å². The van der Waals surface area contributed by atoms with E-state index in [2.05, 4.69) is 15.6 Å². The highest BCUT2D eigenvalue weighted by atomic mass is 16.5. The molecule has 0 aliphatic carbocycles. The maximum Gasteiger partial charge on any atom is 0.319 e. The number of hydrogen-bond acceptors (Lipinski definition) is 4. The summed E-state index contributed by atoms with van der Waals surface area (Å²) in [5, 5.41) is 5.64. The molecule has 6 heteroatoms. The standard InChI is InChI=1S/C18H24N4O2/c1-13(24-4)14-7-5-8-15(11-14)21-18(23)19-12-16-9-6-10-17(20-16)22(2)3/h5-11,13H,12H2,1-4H3,(H2,19,21,23)/t13-/m1/s1. The molecule has 0 aliphatic heterocycles. The van der Waals surface area contributed by atoms with Crippen molar-refractivity contribution in [1.82, 2.24) is 10.3 Å². The van der Waals surface area contributed by atoms with Gasteiger partial charge < -0.3 is 20.3 Å². The summed E-state index contributed by atoms with van der Waals surface area (Å²) in [6, 6.07) is 13.1. The Labute approximate surface area is 142 Å². The molecule has 0 saturated carbocycles. The topological polar surface area (TPSA) is 66.5 Å². The highest BCUT2D eigenvalue weighted by Gasteiger charge is 2.07. The second kappa shape index (κ2) is 8.31. The molecule has 0 saturated heterocycles. The van der Waals surface area contributed by atoms with Crippen molar-refractivity contribution < 1.29 is 9.53 Å². The number of aromatic nitrogens is 1. The van der Waals surface area contributed by atoms with E-state index in [0.717, 1.165) is 22.8 Å². The molecule has 2 aromatic rings. The normalized spacial score (nSPS) is 11.7. The monoisotopic (exact) mass is 328 g/mol. The minimum absolute atomic E-state index is 0.0206. The second-order valence-electron chi connectivity index (χ2n) is 5.69. The number of pyridine rings is 1. The molecule has 2 rings (SSSR count). The Bertz CT molecular complexity index is 688. The largest absolute Gasteiger partial charge is 0.377 e. The molecular weight excluding hydrogens is 304 g/mol. The summed E-state index contributed by atoms with van der Waals surface area (Å²) in [5.41, 5.74) is 2.54. The summed E-state index contributed by atoms with van der Waals surface area (Å²) < 4.78 is 5.29. The molecule has 128 valence electrons. The Kier molecular flexibility index (Phi) is 6.14. The molecular formula is C18H24N4O2. The third-order valence-electron chi connectivity index (χ3n) is 3.65. The van der Waals surface area contributed by atoms with Crippen LogP contribution in [0.3, 0.4) is 0 Å². The Morgan fingerprint density at radius 3 is 2.71 bits per heavy atom. The van der Waals surface area contributed by atoms with Crippen molar-refractivity contribution in [2.24, 2.45) is 0 Å². The van der Waals surface area contributed by atoms with Crippen LogP contribution in [-0.4, -0.2) is 32.2 Å². The SMILES string of the molecule is CO[C@H](C)c1cccc(NC(=O)NCc2cccc(N(C)C)n2)c1. The number of methoxy groups -OCH3 is 1. The summed E-state index contributed by atoms with van der Waals surface area (Å²) >= 11 is 0. The van der Waals surface area contributed by atoms with Crippen molar-refractivity contribution in [3.8, 4) is 0 Å². The lowest BCUT2D eigenvalue weighted by Gasteiger charge is -2.14. The van der Waals surface area contributed by atoms with Crippen LogP contribution in [0, 0.1) is 0 Å². The van der Waals surface area contributed by atoms with E-state index < -0.39 is 0 Å². The summed E-state index contributed by atoms with van der Waals surface area (Å²) in [6.45, 7) is 2.32. The number of rotatable bonds is 6. The highest BCUT2D eigenvalue weighted by Crippen LogP contribution is 2.19. The number of carbonyl (C=O) groups excluding carboxylic acids is 1. The van der Waals surface area contributed by atoms with Crippen molar-refractivity contribution in [3.05, 3.63) is 53.7 Å². The lowest BCUT2D eigenvalue weighted by atomic mass is 10.1. The number of urea groups is 1. The van der Waals surface area contributed by atoms with Gasteiger partial charge in [0.2, 0.25) is 0 Å². The zero-order valence-electron chi connectivity index (χ0n) is 14.5. The number of amides is 2. The number of nitrogens with one attached hydrogen (secondary N) is 2. The number of carbonyl (C=O) groups is 1. The first kappa shape index (κ1) is 17.7. The molecule has 24 heavy (non-hydrogen) atoms. The molecule has 6 nitrogen and oxygen atoms in total. The van der Waals surface area contributed by atoms with E-state index >= 15 is 0 Å². The smallest absolute Gasteiger partial charge is 0.319 e. The van der Waals surface area contributed by atoms with Gasteiger partial charge in [-0.2, -0.15) is 0 Å². The third-order valence-corrected chi connectivity index (χ3v) is 3.65. The van der Waals surface area contributed by atoms with Gasteiger partial charge in [-0.25, -0.2) is 9.78 Å². The lowest BCUT2D eigenvalue weighted by Crippen LogP contribution is -2.28. The molecule has 0 unspecified atom stereocenters. The van der Waals surface area contributed by atoms with Crippen molar-refractivity contribution >= 4 is 17.5 Å². The van der Waals surface area contributed by atoms with Crippen LogP contribution >= 0.6 is 0 Å². The first-order chi connectivity index (χ1) is 11.5. The van der Waals surface area contributed by atoms with Crippen LogP contribution in [0.1, 0.15) is 24.3 Å². The maximum atomic E-state index is 12.1. The summed E-state index contributed by atoms with van der Waals surface area (Å²) in [7, 11) is 5.52. The molecule has 0 radical (unpaired) electrons. The van der Waals surface area contributed by atoms with Crippen LogP contribution in [0.15, 0.2) is 42.5 Å². The predicted molar refractivity (Wildman–Crippen MR) is 96.3 cm³/mol. The molecule has 2 amide bonds. The van der Waals surface area contributed by atoms with Crippen LogP contribution in [-0.2, 0) is 11.3 Å². The van der Waals surface area contributed by atoms with Gasteiger partial charge in [-0.05, 0) is 36.8 Å². The van der Waals surface area contributed by atoms with Gasteiger partial charge >= 0.3 is 6.03 Å². The van der Waals surface area contributed by atoms with E-state index in [1.807, 2.05) is 68.4 Å². The Morgan fingerprint density at radius 2 is 2.00 bits per heavy atom. The van der Waals surface area contributed by atoms with E-state index in [4.69, 9.17) is 4.74 Å². The zero-order chi connectivity index (χ0) is 17.5. The van der Waals surface area contributed by atoms with Crippen molar-refractivity contribution in [2.45, 2.75) is 19.6 Å². The molecule has 1 aromatic heterocycles. The van der Waals surface area contributed by atoms with E-state index in [9.17, 15) is 4.79 Å². The van der Waals surface area contributed by atoms with Gasteiger partial charge in [0.25, 0.3) is 0 Å². The molecule has 1 atom stereocenters. The van der Waals surface area contributed by atoms with Gasteiger partial charge in [0.1, 0.15) is 5.82 Å². The van der Waals surface area contributed by atoms with E-state index in [1.165, 1.54) is 0 Å². The Balaban J connectivity index is 1.93. The van der Waals surface area contributed by atoms with Crippen molar-refractivity contribution in [2.75, 3.05) is 31.4 Å². The number of anilines is 2. The van der Waals surface area contributed by atoms with Gasteiger partial charge in [0, 0.05) is 26.9 Å². The molecule has 1 heterocycles. The number of ether oxygens (including phenoxy) is 1. The van der Waals surface area contributed by atoms with Crippen molar-refractivity contribution in [1.29, 1.82) is 0 Å². The van der Waals surface area contributed by atoms with Gasteiger partial charge in [0.05, 0.1) is 18.3 Å². The highest BCUT2D eigenvalue weighted by molar-refractivity contribution is 5.89. The van der Waals surface area contributed by atoms with Gasteiger partial charge in [0.15, 0.2) is 0 Å². The van der Waals surface area contributed by atoms with Crippen LogP contribution in [0.4, 0.5) is 16.3 Å². The Morgan fingerprint density at radius 1 is 1.25 bits per heavy atom. The van der Waals surface area contributed by atoms with E-state index in [-0.39, 0.29) is 12.1 Å². The summed E-state index contributed by atoms with van der Waals surface area (Å²) in [5.74, 6) is 0.857. The molecule has 0 fully saturated rings. The van der Waals surface area contributed by atoms with Crippen molar-refractivity contribution in [3.63, 3.8) is 0 Å². The fraction of sp³-hybridized carbons (Fsp3) is 0.333. The van der Waals surface area contributed by atoms with Crippen LogP contribution in [0.2, 0.25) is 0 Å².